The van der Waals surface area contributed by atoms with Crippen molar-refractivity contribution in [1.82, 2.24) is 4.90 Å². The van der Waals surface area contributed by atoms with Gasteiger partial charge in [-0.1, -0.05) is 24.9 Å². The van der Waals surface area contributed by atoms with Crippen LogP contribution in [0.3, 0.4) is 0 Å². The van der Waals surface area contributed by atoms with Crippen molar-refractivity contribution in [3.8, 4) is 0 Å². The van der Waals surface area contributed by atoms with Crippen molar-refractivity contribution in [3.63, 3.8) is 0 Å². The predicted molar refractivity (Wildman–Crippen MR) is 77.4 cm³/mol. The molecule has 0 bridgehead atoms. The Kier molecular flexibility index (Phi) is 6.37. The van der Waals surface area contributed by atoms with Gasteiger partial charge in [0.15, 0.2) is 5.78 Å². The smallest absolute Gasteiger partial charge is 0.164 e. The molecule has 0 aliphatic heterocycles. The number of halogens is 1. The van der Waals surface area contributed by atoms with Crippen molar-refractivity contribution in [3.05, 3.63) is 34.9 Å². The summed E-state index contributed by atoms with van der Waals surface area (Å²) >= 11 is 5.80. The summed E-state index contributed by atoms with van der Waals surface area (Å²) in [5.74, 6) is 0.183. The number of carbonyl (C=O) groups excluding carboxylic acids is 1. The molecule has 2 nitrogen and oxygen atoms in total. The fraction of sp³-hybridized carbons (Fsp3) is 0.533. The second kappa shape index (κ2) is 7.55. The van der Waals surface area contributed by atoms with E-state index in [9.17, 15) is 4.79 Å². The lowest BCUT2D eigenvalue weighted by Gasteiger charge is -2.23. The summed E-state index contributed by atoms with van der Waals surface area (Å²) in [4.78, 5) is 14.2. The highest BCUT2D eigenvalue weighted by atomic mass is 35.5. The van der Waals surface area contributed by atoms with E-state index < -0.39 is 0 Å². The molecule has 0 heterocycles. The van der Waals surface area contributed by atoms with Gasteiger partial charge in [-0.25, -0.2) is 0 Å². The zero-order valence-electron chi connectivity index (χ0n) is 11.4. The zero-order chi connectivity index (χ0) is 13.5. The van der Waals surface area contributed by atoms with Gasteiger partial charge < -0.3 is 4.90 Å². The number of hydrogen-bond donors (Lipinski definition) is 0. The summed E-state index contributed by atoms with van der Waals surface area (Å²) in [5, 5.41) is 0.667. The third-order valence-electron chi connectivity index (χ3n) is 3.32. The lowest BCUT2D eigenvalue weighted by Crippen LogP contribution is -2.30. The van der Waals surface area contributed by atoms with Gasteiger partial charge in [0, 0.05) is 29.6 Å². The average Bonchev–Trinajstić information content (AvgIpc) is 2.36. The third-order valence-corrected chi connectivity index (χ3v) is 3.57. The van der Waals surface area contributed by atoms with E-state index in [2.05, 4.69) is 25.8 Å². The number of carbonyl (C=O) groups is 1. The van der Waals surface area contributed by atoms with Gasteiger partial charge in [-0.15, -0.1) is 0 Å². The first-order valence-corrected chi connectivity index (χ1v) is 6.91. The van der Waals surface area contributed by atoms with Gasteiger partial charge in [-0.05, 0) is 44.7 Å². The Bertz CT molecular complexity index is 375. The minimum atomic E-state index is 0.183. The zero-order valence-corrected chi connectivity index (χ0v) is 12.2. The van der Waals surface area contributed by atoms with Crippen LogP contribution in [0.4, 0.5) is 0 Å². The van der Waals surface area contributed by atoms with Gasteiger partial charge in [-0.3, -0.25) is 4.79 Å². The standard InChI is InChI=1S/C15H22ClNO/c1-4-5-12(2)17(3)11-10-15(18)13-6-8-14(16)9-7-13/h6-9,12H,4-5,10-11H2,1-3H3. The minimum absolute atomic E-state index is 0.183. The average molecular weight is 268 g/mol. The van der Waals surface area contributed by atoms with Crippen LogP contribution in [0.2, 0.25) is 5.02 Å². The second-order valence-electron chi connectivity index (χ2n) is 4.80. The molecule has 0 aliphatic rings. The van der Waals surface area contributed by atoms with Crippen LogP contribution in [0.1, 0.15) is 43.5 Å². The maximum atomic E-state index is 12.0. The largest absolute Gasteiger partial charge is 0.303 e. The monoisotopic (exact) mass is 267 g/mol. The van der Waals surface area contributed by atoms with Gasteiger partial charge in [0.2, 0.25) is 0 Å². The van der Waals surface area contributed by atoms with E-state index in [4.69, 9.17) is 11.6 Å². The molecule has 100 valence electrons. The molecule has 1 unspecified atom stereocenters. The van der Waals surface area contributed by atoms with E-state index in [0.717, 1.165) is 12.1 Å². The Morgan fingerprint density at radius 2 is 1.94 bits per heavy atom. The van der Waals surface area contributed by atoms with Crippen LogP contribution in [0.15, 0.2) is 24.3 Å². The van der Waals surface area contributed by atoms with Gasteiger partial charge in [-0.2, -0.15) is 0 Å². The number of Topliss-reactive ketones (excluding diaryl/α,β-unsaturated/α-hetero) is 1. The molecule has 1 aromatic rings. The molecule has 3 heteroatoms. The summed E-state index contributed by atoms with van der Waals surface area (Å²) in [7, 11) is 2.08. The molecule has 0 radical (unpaired) electrons. The minimum Gasteiger partial charge on any atom is -0.303 e. The first-order valence-electron chi connectivity index (χ1n) is 6.53. The molecular weight excluding hydrogens is 246 g/mol. The normalized spacial score (nSPS) is 12.7. The number of benzene rings is 1. The summed E-state index contributed by atoms with van der Waals surface area (Å²) in [6.45, 7) is 5.20. The Morgan fingerprint density at radius 3 is 2.50 bits per heavy atom. The van der Waals surface area contributed by atoms with Gasteiger partial charge in [0.25, 0.3) is 0 Å². The molecule has 0 aromatic heterocycles. The molecule has 0 N–H and O–H groups in total. The molecule has 0 spiro atoms. The fourth-order valence-electron chi connectivity index (χ4n) is 1.92. The fourth-order valence-corrected chi connectivity index (χ4v) is 2.04. The summed E-state index contributed by atoms with van der Waals surface area (Å²) < 4.78 is 0. The molecule has 1 aromatic carbocycles. The molecule has 1 atom stereocenters. The molecule has 0 saturated heterocycles. The molecule has 0 aliphatic carbocycles. The highest BCUT2D eigenvalue weighted by Crippen LogP contribution is 2.12. The van der Waals surface area contributed by atoms with E-state index in [-0.39, 0.29) is 5.78 Å². The van der Waals surface area contributed by atoms with Crippen LogP contribution in [-0.2, 0) is 0 Å². The third kappa shape index (κ3) is 4.79. The van der Waals surface area contributed by atoms with E-state index in [1.165, 1.54) is 12.8 Å². The van der Waals surface area contributed by atoms with Crippen LogP contribution in [-0.4, -0.2) is 30.3 Å². The van der Waals surface area contributed by atoms with Crippen LogP contribution in [0, 0.1) is 0 Å². The van der Waals surface area contributed by atoms with E-state index in [1.54, 1.807) is 24.3 Å². The maximum absolute atomic E-state index is 12.0. The molecular formula is C15H22ClNO. The lowest BCUT2D eigenvalue weighted by atomic mass is 10.1. The molecule has 18 heavy (non-hydrogen) atoms. The summed E-state index contributed by atoms with van der Waals surface area (Å²) in [6, 6.07) is 7.64. The van der Waals surface area contributed by atoms with Crippen molar-refractivity contribution >= 4 is 17.4 Å². The van der Waals surface area contributed by atoms with Crippen LogP contribution >= 0.6 is 11.6 Å². The number of rotatable bonds is 7. The molecule has 1 rings (SSSR count). The summed E-state index contributed by atoms with van der Waals surface area (Å²) in [5.41, 5.74) is 0.746. The van der Waals surface area contributed by atoms with Crippen LogP contribution in [0.5, 0.6) is 0 Å². The van der Waals surface area contributed by atoms with Crippen LogP contribution in [0.25, 0.3) is 0 Å². The van der Waals surface area contributed by atoms with E-state index >= 15 is 0 Å². The van der Waals surface area contributed by atoms with Gasteiger partial charge >= 0.3 is 0 Å². The van der Waals surface area contributed by atoms with Gasteiger partial charge in [0.05, 0.1) is 0 Å². The van der Waals surface area contributed by atoms with E-state index in [0.29, 0.717) is 17.5 Å². The second-order valence-corrected chi connectivity index (χ2v) is 5.23. The predicted octanol–water partition coefficient (Wildman–Crippen LogP) is 4.03. The topological polar surface area (TPSA) is 20.3 Å². The maximum Gasteiger partial charge on any atom is 0.164 e. The number of ketones is 1. The van der Waals surface area contributed by atoms with Crippen molar-refractivity contribution in [1.29, 1.82) is 0 Å². The Hall–Kier alpha value is -0.860. The molecule has 0 saturated carbocycles. The highest BCUT2D eigenvalue weighted by molar-refractivity contribution is 6.30. The van der Waals surface area contributed by atoms with Gasteiger partial charge in [0.1, 0.15) is 0 Å². The summed E-state index contributed by atoms with van der Waals surface area (Å²) in [6.07, 6.45) is 2.91. The molecule has 0 fully saturated rings. The van der Waals surface area contributed by atoms with E-state index in [1.807, 2.05) is 0 Å². The Morgan fingerprint density at radius 1 is 1.33 bits per heavy atom. The Labute approximate surface area is 115 Å². The Balaban J connectivity index is 2.43. The SMILES string of the molecule is CCCC(C)N(C)CCC(=O)c1ccc(Cl)cc1. The first kappa shape index (κ1) is 15.2. The van der Waals surface area contributed by atoms with Crippen molar-refractivity contribution in [2.45, 2.75) is 39.2 Å². The molecule has 0 amide bonds. The highest BCUT2D eigenvalue weighted by Gasteiger charge is 2.11. The van der Waals surface area contributed by atoms with Crippen molar-refractivity contribution in [2.75, 3.05) is 13.6 Å². The van der Waals surface area contributed by atoms with Crippen molar-refractivity contribution in [2.24, 2.45) is 0 Å². The quantitative estimate of drug-likeness (QED) is 0.695. The number of nitrogens with zero attached hydrogens (tertiary/aromatic N) is 1. The lowest BCUT2D eigenvalue weighted by molar-refractivity contribution is 0.0961. The first-order chi connectivity index (χ1) is 8.54. The van der Waals surface area contributed by atoms with Crippen LogP contribution < -0.4 is 0 Å². The van der Waals surface area contributed by atoms with Crippen molar-refractivity contribution < 1.29 is 4.79 Å². The number of hydrogen-bond acceptors (Lipinski definition) is 2.